The Bertz CT molecular complexity index is 491. The molecule has 0 aliphatic rings. The van der Waals surface area contributed by atoms with Crippen molar-refractivity contribution in [2.45, 2.75) is 24.3 Å². The summed E-state index contributed by atoms with van der Waals surface area (Å²) in [6, 6.07) is 3.01. The molecule has 4 nitrogen and oxygen atoms in total. The van der Waals surface area contributed by atoms with E-state index in [1.165, 1.54) is 25.2 Å². The number of thioether (sulfide) groups is 1. The number of carbonyl (C=O) groups is 2. The second-order valence-corrected chi connectivity index (χ2v) is 5.81. The average Bonchev–Trinajstić information content (AvgIpc) is 2.38. The molecule has 0 radical (unpaired) electrons. The standard InChI is InChI=1S/C13H16F2N2O2S/c1-7(11-9(14)5-4-6-10(11)15)20-8(2)12(18)17-13(19)16-3/h4-8H,1-3H3,(H2,16,17,18,19)/t7-,8-/m0/s1. The molecule has 1 aromatic rings. The molecule has 1 aromatic carbocycles. The van der Waals surface area contributed by atoms with Crippen LogP contribution in [0, 0.1) is 11.6 Å². The van der Waals surface area contributed by atoms with E-state index < -0.39 is 34.1 Å². The molecule has 0 unspecified atom stereocenters. The minimum atomic E-state index is -0.649. The van der Waals surface area contributed by atoms with E-state index in [0.717, 1.165) is 11.8 Å². The quantitative estimate of drug-likeness (QED) is 0.899. The summed E-state index contributed by atoms with van der Waals surface area (Å²) in [7, 11) is 1.39. The van der Waals surface area contributed by atoms with Crippen LogP contribution >= 0.6 is 11.8 Å². The molecule has 0 heterocycles. The number of nitrogens with one attached hydrogen (secondary N) is 2. The first kappa shape index (κ1) is 16.4. The van der Waals surface area contributed by atoms with Crippen LogP contribution in [0.25, 0.3) is 0 Å². The van der Waals surface area contributed by atoms with Crippen molar-refractivity contribution >= 4 is 23.7 Å². The van der Waals surface area contributed by atoms with Gasteiger partial charge in [-0.15, -0.1) is 11.8 Å². The third-order valence-electron chi connectivity index (χ3n) is 2.65. The maximum Gasteiger partial charge on any atom is 0.321 e. The second-order valence-electron chi connectivity index (χ2n) is 4.12. The molecule has 1 rings (SSSR count). The zero-order chi connectivity index (χ0) is 15.3. The lowest BCUT2D eigenvalue weighted by Crippen LogP contribution is -2.41. The number of amides is 3. The van der Waals surface area contributed by atoms with Gasteiger partial charge in [0.25, 0.3) is 0 Å². The molecule has 110 valence electrons. The Hall–Kier alpha value is -1.63. The Balaban J connectivity index is 2.73. The van der Waals surface area contributed by atoms with Gasteiger partial charge in [-0.2, -0.15) is 0 Å². The van der Waals surface area contributed by atoms with Crippen LogP contribution in [0.4, 0.5) is 13.6 Å². The van der Waals surface area contributed by atoms with E-state index in [-0.39, 0.29) is 5.56 Å². The van der Waals surface area contributed by atoms with Crippen molar-refractivity contribution in [3.63, 3.8) is 0 Å². The highest BCUT2D eigenvalue weighted by molar-refractivity contribution is 8.00. The fourth-order valence-electron chi connectivity index (χ4n) is 1.61. The van der Waals surface area contributed by atoms with Crippen LogP contribution in [0.2, 0.25) is 0 Å². The van der Waals surface area contributed by atoms with E-state index in [1.54, 1.807) is 13.8 Å². The Morgan fingerprint density at radius 2 is 1.75 bits per heavy atom. The van der Waals surface area contributed by atoms with Crippen molar-refractivity contribution in [1.82, 2.24) is 10.6 Å². The molecule has 0 bridgehead atoms. The van der Waals surface area contributed by atoms with Crippen molar-refractivity contribution in [2.24, 2.45) is 0 Å². The molecule has 2 atom stereocenters. The Morgan fingerprint density at radius 3 is 2.25 bits per heavy atom. The fraction of sp³-hybridized carbons (Fsp3) is 0.385. The Morgan fingerprint density at radius 1 is 1.20 bits per heavy atom. The van der Waals surface area contributed by atoms with Crippen LogP contribution in [0.15, 0.2) is 18.2 Å². The number of rotatable bonds is 4. The molecule has 7 heteroatoms. The number of hydrogen-bond donors (Lipinski definition) is 2. The largest absolute Gasteiger partial charge is 0.341 e. The van der Waals surface area contributed by atoms with Gasteiger partial charge in [-0.1, -0.05) is 6.07 Å². The smallest absolute Gasteiger partial charge is 0.321 e. The summed E-state index contributed by atoms with van der Waals surface area (Å²) in [6.07, 6.45) is 0. The SMILES string of the molecule is CNC(=O)NC(=O)[C@H](C)S[C@@H](C)c1c(F)cccc1F. The van der Waals surface area contributed by atoms with E-state index in [0.29, 0.717) is 0 Å². The van der Waals surface area contributed by atoms with Gasteiger partial charge in [0.2, 0.25) is 5.91 Å². The molecule has 20 heavy (non-hydrogen) atoms. The predicted octanol–water partition coefficient (Wildman–Crippen LogP) is 2.60. The number of imide groups is 1. The summed E-state index contributed by atoms with van der Waals surface area (Å²) in [5.41, 5.74) is -0.0721. The van der Waals surface area contributed by atoms with Crippen LogP contribution in [-0.2, 0) is 4.79 Å². The minimum Gasteiger partial charge on any atom is -0.341 e. The van der Waals surface area contributed by atoms with Crippen molar-refractivity contribution < 1.29 is 18.4 Å². The first-order chi connectivity index (χ1) is 9.36. The van der Waals surface area contributed by atoms with Gasteiger partial charge in [-0.05, 0) is 26.0 Å². The molecule has 0 spiro atoms. The number of benzene rings is 1. The van der Waals surface area contributed by atoms with Gasteiger partial charge in [0.15, 0.2) is 0 Å². The van der Waals surface area contributed by atoms with Crippen molar-refractivity contribution in [2.75, 3.05) is 7.05 Å². The molecular weight excluding hydrogens is 286 g/mol. The monoisotopic (exact) mass is 302 g/mol. The highest BCUT2D eigenvalue weighted by atomic mass is 32.2. The molecular formula is C13H16F2N2O2S. The highest BCUT2D eigenvalue weighted by Crippen LogP contribution is 2.34. The summed E-state index contributed by atoms with van der Waals surface area (Å²) < 4.78 is 27.2. The summed E-state index contributed by atoms with van der Waals surface area (Å²) in [4.78, 5) is 22.7. The first-order valence-electron chi connectivity index (χ1n) is 5.98. The molecule has 0 aliphatic heterocycles. The van der Waals surface area contributed by atoms with E-state index in [4.69, 9.17) is 0 Å². The van der Waals surface area contributed by atoms with Gasteiger partial charge in [0.1, 0.15) is 11.6 Å². The lowest BCUT2D eigenvalue weighted by molar-refractivity contribution is -0.119. The number of urea groups is 1. The first-order valence-corrected chi connectivity index (χ1v) is 6.93. The van der Waals surface area contributed by atoms with Gasteiger partial charge in [-0.25, -0.2) is 13.6 Å². The van der Waals surface area contributed by atoms with Gasteiger partial charge < -0.3 is 5.32 Å². The molecule has 0 fully saturated rings. The summed E-state index contributed by atoms with van der Waals surface area (Å²) in [5, 5.41) is 3.19. The molecule has 0 aromatic heterocycles. The van der Waals surface area contributed by atoms with E-state index in [9.17, 15) is 18.4 Å². The van der Waals surface area contributed by atoms with Gasteiger partial charge >= 0.3 is 6.03 Å². The van der Waals surface area contributed by atoms with Crippen LogP contribution < -0.4 is 10.6 Å². The zero-order valence-corrected chi connectivity index (χ0v) is 12.2. The fourth-order valence-corrected chi connectivity index (χ4v) is 2.77. The van der Waals surface area contributed by atoms with Crippen LogP contribution in [0.1, 0.15) is 24.7 Å². The normalized spacial score (nSPS) is 13.4. The Labute approximate surface area is 120 Å². The van der Waals surface area contributed by atoms with Gasteiger partial charge in [0.05, 0.1) is 5.25 Å². The molecule has 2 N–H and O–H groups in total. The number of hydrogen-bond acceptors (Lipinski definition) is 3. The highest BCUT2D eigenvalue weighted by Gasteiger charge is 2.23. The van der Waals surface area contributed by atoms with Crippen molar-refractivity contribution in [3.8, 4) is 0 Å². The van der Waals surface area contributed by atoms with Gasteiger partial charge in [-0.3, -0.25) is 10.1 Å². The van der Waals surface area contributed by atoms with Gasteiger partial charge in [0, 0.05) is 17.9 Å². The predicted molar refractivity (Wildman–Crippen MR) is 74.4 cm³/mol. The molecule has 0 saturated carbocycles. The van der Waals surface area contributed by atoms with E-state index in [1.807, 2.05) is 0 Å². The minimum absolute atomic E-state index is 0.0721. The van der Waals surface area contributed by atoms with Crippen molar-refractivity contribution in [3.05, 3.63) is 35.4 Å². The Kier molecular flexibility index (Phi) is 5.94. The second kappa shape index (κ2) is 7.23. The van der Waals surface area contributed by atoms with Crippen LogP contribution in [0.3, 0.4) is 0 Å². The topological polar surface area (TPSA) is 58.2 Å². The zero-order valence-electron chi connectivity index (χ0n) is 11.4. The van der Waals surface area contributed by atoms with E-state index in [2.05, 4.69) is 10.6 Å². The molecule has 0 aliphatic carbocycles. The van der Waals surface area contributed by atoms with Crippen LogP contribution in [0.5, 0.6) is 0 Å². The number of halogens is 2. The maximum atomic E-state index is 13.6. The van der Waals surface area contributed by atoms with Crippen molar-refractivity contribution in [1.29, 1.82) is 0 Å². The average molecular weight is 302 g/mol. The lowest BCUT2D eigenvalue weighted by Gasteiger charge is -2.17. The molecule has 3 amide bonds. The summed E-state index contributed by atoms with van der Waals surface area (Å²) in [6.45, 7) is 3.17. The third-order valence-corrected chi connectivity index (χ3v) is 3.91. The lowest BCUT2D eigenvalue weighted by atomic mass is 10.1. The van der Waals surface area contributed by atoms with E-state index >= 15 is 0 Å². The molecule has 0 saturated heterocycles. The van der Waals surface area contributed by atoms with Crippen LogP contribution in [-0.4, -0.2) is 24.2 Å². The summed E-state index contributed by atoms with van der Waals surface area (Å²) >= 11 is 1.07. The summed E-state index contributed by atoms with van der Waals surface area (Å²) in [5.74, 6) is -1.81. The maximum absolute atomic E-state index is 13.6. The number of carbonyl (C=O) groups excluding carboxylic acids is 2. The third kappa shape index (κ3) is 4.19.